The third-order valence-corrected chi connectivity index (χ3v) is 5.76. The first-order valence-electron chi connectivity index (χ1n) is 11.1. The van der Waals surface area contributed by atoms with E-state index in [1.54, 1.807) is 0 Å². The quantitative estimate of drug-likeness (QED) is 0.367. The van der Waals surface area contributed by atoms with Gasteiger partial charge in [0.25, 0.3) is 0 Å². The van der Waals surface area contributed by atoms with Crippen LogP contribution in [0.15, 0.2) is 85.0 Å². The minimum Gasteiger partial charge on any atom is -0.481 e. The lowest BCUT2D eigenvalue weighted by atomic mass is 9.94. The summed E-state index contributed by atoms with van der Waals surface area (Å²) in [6.45, 7) is 1.49. The summed E-state index contributed by atoms with van der Waals surface area (Å²) in [5, 5.41) is 8.79. The molecule has 1 aliphatic carbocycles. The van der Waals surface area contributed by atoms with Crippen LogP contribution in [0.3, 0.4) is 0 Å². The molecule has 2 aromatic carbocycles. The Morgan fingerprint density at radius 2 is 1.68 bits per heavy atom. The molecule has 0 fully saturated rings. The van der Waals surface area contributed by atoms with E-state index in [0.29, 0.717) is 25.0 Å². The average molecular weight is 420 g/mol. The van der Waals surface area contributed by atoms with Gasteiger partial charge in [0.2, 0.25) is 0 Å². The van der Waals surface area contributed by atoms with Crippen molar-refractivity contribution in [1.29, 1.82) is 0 Å². The van der Waals surface area contributed by atoms with E-state index in [9.17, 15) is 4.79 Å². The number of hydrogen-bond donors (Lipinski definition) is 1. The van der Waals surface area contributed by atoms with Gasteiger partial charge in [-0.05, 0) is 37.4 Å². The number of aliphatic carboxylic acids is 1. The number of unbranched alkanes of at least 4 members (excludes halogenated alkanes) is 1. The normalized spacial score (nSPS) is 20.6. The monoisotopic (exact) mass is 419 g/mol. The summed E-state index contributed by atoms with van der Waals surface area (Å²) in [5.41, 5.74) is 2.48. The zero-order valence-electron chi connectivity index (χ0n) is 18.3. The molecular weight excluding hydrogens is 386 g/mol. The van der Waals surface area contributed by atoms with Crippen LogP contribution in [0.25, 0.3) is 0 Å². The van der Waals surface area contributed by atoms with Crippen LogP contribution in [0.4, 0.5) is 0 Å². The molecule has 1 N–H and O–H groups in total. The minimum atomic E-state index is -0.731. The highest BCUT2D eigenvalue weighted by Crippen LogP contribution is 2.31. The Kier molecular flexibility index (Phi) is 9.07. The zero-order chi connectivity index (χ0) is 21.9. The van der Waals surface area contributed by atoms with Crippen LogP contribution < -0.4 is 0 Å². The van der Waals surface area contributed by atoms with Crippen molar-refractivity contribution in [2.24, 2.45) is 5.92 Å². The van der Waals surface area contributed by atoms with E-state index in [-0.39, 0.29) is 12.5 Å². The fourth-order valence-electron chi connectivity index (χ4n) is 4.12. The summed E-state index contributed by atoms with van der Waals surface area (Å²) in [7, 11) is 2.17. The highest BCUT2D eigenvalue weighted by molar-refractivity contribution is 5.66. The Balaban J connectivity index is 1.61. The van der Waals surface area contributed by atoms with Crippen LogP contribution in [0, 0.1) is 5.92 Å². The number of ether oxygens (including phenoxy) is 1. The number of hydrogen-bond acceptors (Lipinski definition) is 3. The highest BCUT2D eigenvalue weighted by atomic mass is 16.5. The Morgan fingerprint density at radius 3 is 2.35 bits per heavy atom. The molecule has 0 aromatic heterocycles. The maximum atomic E-state index is 10.7. The Hall–Kier alpha value is -2.69. The van der Waals surface area contributed by atoms with Gasteiger partial charge in [-0.1, -0.05) is 85.0 Å². The summed E-state index contributed by atoms with van der Waals surface area (Å²) in [6.07, 6.45) is 11.5. The third kappa shape index (κ3) is 7.50. The summed E-state index contributed by atoms with van der Waals surface area (Å²) >= 11 is 0. The predicted octanol–water partition coefficient (Wildman–Crippen LogP) is 5.46. The third-order valence-electron chi connectivity index (χ3n) is 5.76. The Bertz CT molecular complexity index is 847. The van der Waals surface area contributed by atoms with Crippen molar-refractivity contribution < 1.29 is 14.6 Å². The van der Waals surface area contributed by atoms with E-state index in [0.717, 1.165) is 19.4 Å². The second-order valence-corrected chi connectivity index (χ2v) is 8.19. The average Bonchev–Trinajstić information content (AvgIpc) is 3.19. The van der Waals surface area contributed by atoms with Gasteiger partial charge in [0.15, 0.2) is 0 Å². The van der Waals surface area contributed by atoms with Crippen molar-refractivity contribution in [1.82, 2.24) is 4.90 Å². The molecule has 3 atom stereocenters. The van der Waals surface area contributed by atoms with Gasteiger partial charge in [0, 0.05) is 24.9 Å². The number of likely N-dealkylation sites (N-methyl/N-ethyl adjacent to an activating group) is 1. The second kappa shape index (κ2) is 12.2. The highest BCUT2D eigenvalue weighted by Gasteiger charge is 2.33. The molecule has 31 heavy (non-hydrogen) atoms. The van der Waals surface area contributed by atoms with Crippen LogP contribution >= 0.6 is 0 Å². The lowest BCUT2D eigenvalue weighted by Crippen LogP contribution is -2.38. The van der Waals surface area contributed by atoms with Crippen molar-refractivity contribution in [2.75, 3.05) is 7.05 Å². The number of nitrogens with zero attached hydrogens (tertiary/aromatic N) is 1. The second-order valence-electron chi connectivity index (χ2n) is 8.19. The first-order chi connectivity index (χ1) is 15.1. The standard InChI is InChI=1S/C27H33NO3/c1-28(20-22-12-6-4-7-13-22)25-18-19-26(31-21-23-14-8-5-9-15-23)24(25)16-10-2-3-11-17-27(29)30/h2,4-10,12-15,18-19,24-26H,3,11,16-17,20-21H2,1H3,(H,29,30)/t24-,25+,26+/m0/s1. The van der Waals surface area contributed by atoms with Gasteiger partial charge in [-0.25, -0.2) is 0 Å². The number of rotatable bonds is 12. The summed E-state index contributed by atoms with van der Waals surface area (Å²) < 4.78 is 6.32. The van der Waals surface area contributed by atoms with Crippen LogP contribution in [-0.2, 0) is 22.7 Å². The molecule has 2 aromatic rings. The first-order valence-corrected chi connectivity index (χ1v) is 11.1. The van der Waals surface area contributed by atoms with E-state index < -0.39 is 5.97 Å². The van der Waals surface area contributed by atoms with Crippen LogP contribution in [0.1, 0.15) is 36.8 Å². The smallest absolute Gasteiger partial charge is 0.303 e. The predicted molar refractivity (Wildman–Crippen MR) is 125 cm³/mol. The number of carbonyl (C=O) groups is 1. The van der Waals surface area contributed by atoms with E-state index in [1.165, 1.54) is 11.1 Å². The molecule has 164 valence electrons. The molecule has 0 saturated heterocycles. The summed E-state index contributed by atoms with van der Waals surface area (Å²) in [6, 6.07) is 21.1. The molecule has 0 saturated carbocycles. The largest absolute Gasteiger partial charge is 0.481 e. The topological polar surface area (TPSA) is 49.8 Å². The van der Waals surface area contributed by atoms with Crippen molar-refractivity contribution in [3.8, 4) is 0 Å². The van der Waals surface area contributed by atoms with E-state index in [1.807, 2.05) is 24.3 Å². The van der Waals surface area contributed by atoms with E-state index >= 15 is 0 Å². The summed E-state index contributed by atoms with van der Waals surface area (Å²) in [4.78, 5) is 13.1. The summed E-state index contributed by atoms with van der Waals surface area (Å²) in [5.74, 6) is -0.404. The molecule has 0 unspecified atom stereocenters. The molecule has 0 amide bonds. The molecular formula is C27H33NO3. The molecule has 0 spiro atoms. The van der Waals surface area contributed by atoms with Crippen LogP contribution in [-0.4, -0.2) is 35.2 Å². The van der Waals surface area contributed by atoms with Gasteiger partial charge >= 0.3 is 5.97 Å². The number of benzene rings is 2. The first kappa shape index (κ1) is 23.0. The van der Waals surface area contributed by atoms with E-state index in [2.05, 4.69) is 72.6 Å². The lowest BCUT2D eigenvalue weighted by Gasteiger charge is -2.31. The molecule has 0 aliphatic heterocycles. The van der Waals surface area contributed by atoms with Gasteiger partial charge < -0.3 is 9.84 Å². The molecule has 0 bridgehead atoms. The van der Waals surface area contributed by atoms with Gasteiger partial charge in [0.05, 0.1) is 12.7 Å². The fourth-order valence-corrected chi connectivity index (χ4v) is 4.12. The van der Waals surface area contributed by atoms with Crippen LogP contribution in [0.5, 0.6) is 0 Å². The molecule has 4 nitrogen and oxygen atoms in total. The van der Waals surface area contributed by atoms with Crippen molar-refractivity contribution in [3.63, 3.8) is 0 Å². The molecule has 0 heterocycles. The van der Waals surface area contributed by atoms with Gasteiger partial charge in [-0.3, -0.25) is 9.69 Å². The van der Waals surface area contributed by atoms with Crippen LogP contribution in [0.2, 0.25) is 0 Å². The fraction of sp³-hybridized carbons (Fsp3) is 0.370. The Labute approximate surface area is 185 Å². The Morgan fingerprint density at radius 1 is 1.00 bits per heavy atom. The molecule has 1 aliphatic rings. The lowest BCUT2D eigenvalue weighted by molar-refractivity contribution is -0.137. The van der Waals surface area contributed by atoms with Crippen molar-refractivity contribution in [3.05, 3.63) is 96.1 Å². The van der Waals surface area contributed by atoms with Gasteiger partial charge in [0.1, 0.15) is 0 Å². The maximum absolute atomic E-state index is 10.7. The van der Waals surface area contributed by atoms with Crippen molar-refractivity contribution in [2.45, 2.75) is 51.0 Å². The SMILES string of the molecule is CN(Cc1ccccc1)[C@@H]1C=C[C@@H](OCc2ccccc2)[C@H]1CC=CCCCC(=O)O. The zero-order valence-corrected chi connectivity index (χ0v) is 18.3. The number of allylic oxidation sites excluding steroid dienone is 2. The molecule has 3 rings (SSSR count). The number of carboxylic acid groups (broad SMARTS) is 1. The molecule has 4 heteroatoms. The van der Waals surface area contributed by atoms with Gasteiger partial charge in [-0.2, -0.15) is 0 Å². The van der Waals surface area contributed by atoms with Gasteiger partial charge in [-0.15, -0.1) is 0 Å². The maximum Gasteiger partial charge on any atom is 0.303 e. The minimum absolute atomic E-state index is 0.0621. The van der Waals surface area contributed by atoms with E-state index in [4.69, 9.17) is 9.84 Å². The molecule has 0 radical (unpaired) electrons. The number of carboxylic acids is 1. The van der Waals surface area contributed by atoms with Crippen molar-refractivity contribution >= 4 is 5.97 Å².